The SMILES string of the molecule is O=C(Nc1ccc(O)c(F)c1)c1cc[nH]c(=O)c1. The summed E-state index contributed by atoms with van der Waals surface area (Å²) in [4.78, 5) is 25.1. The lowest BCUT2D eigenvalue weighted by molar-refractivity contribution is 0.102. The van der Waals surface area contributed by atoms with Gasteiger partial charge in [0.1, 0.15) is 0 Å². The lowest BCUT2D eigenvalue weighted by Gasteiger charge is -2.05. The van der Waals surface area contributed by atoms with Crippen LogP contribution in [0.4, 0.5) is 10.1 Å². The summed E-state index contributed by atoms with van der Waals surface area (Å²) in [6, 6.07) is 6.02. The van der Waals surface area contributed by atoms with E-state index in [1.807, 2.05) is 0 Å². The number of anilines is 1. The first-order valence-corrected chi connectivity index (χ1v) is 5.05. The molecule has 1 aromatic carbocycles. The zero-order valence-electron chi connectivity index (χ0n) is 9.11. The summed E-state index contributed by atoms with van der Waals surface area (Å²) in [5.41, 5.74) is -0.0534. The van der Waals surface area contributed by atoms with Crippen molar-refractivity contribution in [2.75, 3.05) is 5.32 Å². The Kier molecular flexibility index (Phi) is 3.09. The number of H-pyrrole nitrogens is 1. The van der Waals surface area contributed by atoms with Gasteiger partial charge in [0.25, 0.3) is 5.91 Å². The second-order valence-electron chi connectivity index (χ2n) is 3.56. The van der Waals surface area contributed by atoms with E-state index in [2.05, 4.69) is 10.3 Å². The fourth-order valence-electron chi connectivity index (χ4n) is 1.37. The Bertz CT molecular complexity index is 652. The van der Waals surface area contributed by atoms with Crippen LogP contribution >= 0.6 is 0 Å². The maximum atomic E-state index is 13.0. The molecular formula is C12H9FN2O3. The fraction of sp³-hybridized carbons (Fsp3) is 0. The Labute approximate surface area is 101 Å². The lowest BCUT2D eigenvalue weighted by atomic mass is 10.2. The average Bonchev–Trinajstić information content (AvgIpc) is 2.34. The van der Waals surface area contributed by atoms with Crippen molar-refractivity contribution in [3.63, 3.8) is 0 Å². The van der Waals surface area contributed by atoms with Gasteiger partial charge in [-0.05, 0) is 18.2 Å². The van der Waals surface area contributed by atoms with Crippen LogP contribution in [0.15, 0.2) is 41.3 Å². The molecule has 92 valence electrons. The third kappa shape index (κ3) is 2.54. The van der Waals surface area contributed by atoms with Crippen molar-refractivity contribution in [3.05, 3.63) is 58.3 Å². The molecule has 0 radical (unpaired) electrons. The molecule has 1 heterocycles. The van der Waals surface area contributed by atoms with E-state index >= 15 is 0 Å². The summed E-state index contributed by atoms with van der Waals surface area (Å²) in [5.74, 6) is -1.87. The normalized spacial score (nSPS) is 10.1. The van der Waals surface area contributed by atoms with Gasteiger partial charge >= 0.3 is 0 Å². The van der Waals surface area contributed by atoms with Crippen molar-refractivity contribution >= 4 is 11.6 Å². The summed E-state index contributed by atoms with van der Waals surface area (Å²) >= 11 is 0. The standard InChI is InChI=1S/C12H9FN2O3/c13-9-6-8(1-2-10(9)16)15-12(18)7-3-4-14-11(17)5-7/h1-6,16H,(H,14,17)(H,15,18). The number of halogens is 1. The van der Waals surface area contributed by atoms with Gasteiger partial charge in [-0.3, -0.25) is 9.59 Å². The Hall–Kier alpha value is -2.63. The summed E-state index contributed by atoms with van der Waals surface area (Å²) in [6.45, 7) is 0. The molecule has 0 aliphatic carbocycles. The van der Waals surface area contributed by atoms with Gasteiger partial charge in [-0.2, -0.15) is 0 Å². The molecule has 0 aliphatic heterocycles. The van der Waals surface area contributed by atoms with Crippen molar-refractivity contribution < 1.29 is 14.3 Å². The summed E-state index contributed by atoms with van der Waals surface area (Å²) < 4.78 is 13.0. The summed E-state index contributed by atoms with van der Waals surface area (Å²) in [5, 5.41) is 11.4. The second-order valence-corrected chi connectivity index (χ2v) is 3.56. The smallest absolute Gasteiger partial charge is 0.255 e. The molecule has 3 N–H and O–H groups in total. The number of rotatable bonds is 2. The third-order valence-corrected chi connectivity index (χ3v) is 2.24. The fourth-order valence-corrected chi connectivity index (χ4v) is 1.37. The van der Waals surface area contributed by atoms with Gasteiger partial charge in [0.2, 0.25) is 5.56 Å². The second kappa shape index (κ2) is 4.70. The van der Waals surface area contributed by atoms with Crippen LogP contribution in [-0.4, -0.2) is 16.0 Å². The van der Waals surface area contributed by atoms with Crippen molar-refractivity contribution in [2.24, 2.45) is 0 Å². The van der Waals surface area contributed by atoms with E-state index in [0.29, 0.717) is 0 Å². The number of nitrogens with one attached hydrogen (secondary N) is 2. The molecule has 1 aromatic heterocycles. The van der Waals surface area contributed by atoms with E-state index in [9.17, 15) is 14.0 Å². The Morgan fingerprint density at radius 1 is 1.28 bits per heavy atom. The van der Waals surface area contributed by atoms with Crippen molar-refractivity contribution in [1.82, 2.24) is 4.98 Å². The van der Waals surface area contributed by atoms with E-state index in [-0.39, 0.29) is 11.3 Å². The highest BCUT2D eigenvalue weighted by Gasteiger charge is 2.08. The highest BCUT2D eigenvalue weighted by molar-refractivity contribution is 6.04. The number of aromatic hydroxyl groups is 1. The van der Waals surface area contributed by atoms with Gasteiger partial charge in [0.15, 0.2) is 11.6 Å². The molecule has 2 aromatic rings. The van der Waals surface area contributed by atoms with E-state index in [1.165, 1.54) is 18.3 Å². The number of hydrogen-bond donors (Lipinski definition) is 3. The highest BCUT2D eigenvalue weighted by Crippen LogP contribution is 2.19. The molecule has 0 aliphatic rings. The molecule has 0 saturated heterocycles. The van der Waals surface area contributed by atoms with Gasteiger partial charge in [-0.1, -0.05) is 0 Å². The van der Waals surface area contributed by atoms with E-state index in [0.717, 1.165) is 18.2 Å². The predicted molar refractivity (Wildman–Crippen MR) is 63.1 cm³/mol. The van der Waals surface area contributed by atoms with Crippen molar-refractivity contribution in [1.29, 1.82) is 0 Å². The van der Waals surface area contributed by atoms with Gasteiger partial charge < -0.3 is 15.4 Å². The number of carbonyl (C=O) groups is 1. The van der Waals surface area contributed by atoms with Crippen molar-refractivity contribution in [2.45, 2.75) is 0 Å². The first-order chi connectivity index (χ1) is 8.56. The molecule has 0 atom stereocenters. The first-order valence-electron chi connectivity index (χ1n) is 5.05. The third-order valence-electron chi connectivity index (χ3n) is 2.24. The largest absolute Gasteiger partial charge is 0.505 e. The number of amides is 1. The molecule has 0 unspecified atom stereocenters. The van der Waals surface area contributed by atoms with Crippen LogP contribution in [0.1, 0.15) is 10.4 Å². The molecule has 0 bridgehead atoms. The minimum Gasteiger partial charge on any atom is -0.505 e. The van der Waals surface area contributed by atoms with Crippen LogP contribution in [0.5, 0.6) is 5.75 Å². The van der Waals surface area contributed by atoms with Crippen LogP contribution in [-0.2, 0) is 0 Å². The monoisotopic (exact) mass is 248 g/mol. The molecular weight excluding hydrogens is 239 g/mol. The van der Waals surface area contributed by atoms with E-state index < -0.39 is 23.0 Å². The maximum Gasteiger partial charge on any atom is 0.255 e. The van der Waals surface area contributed by atoms with Crippen LogP contribution < -0.4 is 10.9 Å². The zero-order chi connectivity index (χ0) is 13.1. The minimum absolute atomic E-state index is 0.159. The minimum atomic E-state index is -0.835. The molecule has 0 spiro atoms. The molecule has 0 saturated carbocycles. The zero-order valence-corrected chi connectivity index (χ0v) is 9.11. The lowest BCUT2D eigenvalue weighted by Crippen LogP contribution is -2.15. The van der Waals surface area contributed by atoms with Gasteiger partial charge in [0, 0.05) is 29.6 Å². The highest BCUT2D eigenvalue weighted by atomic mass is 19.1. The van der Waals surface area contributed by atoms with E-state index in [4.69, 9.17) is 5.11 Å². The Morgan fingerprint density at radius 2 is 2.06 bits per heavy atom. The molecule has 2 rings (SSSR count). The average molecular weight is 248 g/mol. The molecule has 0 fully saturated rings. The van der Waals surface area contributed by atoms with Crippen LogP contribution in [0.2, 0.25) is 0 Å². The van der Waals surface area contributed by atoms with Crippen molar-refractivity contribution in [3.8, 4) is 5.75 Å². The Balaban J connectivity index is 2.21. The first kappa shape index (κ1) is 11.8. The number of phenolic OH excluding ortho intramolecular Hbond substituents is 1. The van der Waals surface area contributed by atoms with Gasteiger partial charge in [0.05, 0.1) is 0 Å². The van der Waals surface area contributed by atoms with Gasteiger partial charge in [-0.15, -0.1) is 0 Å². The maximum absolute atomic E-state index is 13.0. The topological polar surface area (TPSA) is 82.2 Å². The van der Waals surface area contributed by atoms with Crippen LogP contribution in [0.25, 0.3) is 0 Å². The number of pyridine rings is 1. The van der Waals surface area contributed by atoms with Crippen LogP contribution in [0.3, 0.4) is 0 Å². The molecule has 18 heavy (non-hydrogen) atoms. The molecule has 5 nitrogen and oxygen atoms in total. The van der Waals surface area contributed by atoms with E-state index in [1.54, 1.807) is 0 Å². The number of aromatic nitrogens is 1. The summed E-state index contributed by atoms with van der Waals surface area (Å²) in [7, 11) is 0. The molecule has 6 heteroatoms. The Morgan fingerprint density at radius 3 is 2.72 bits per heavy atom. The quantitative estimate of drug-likeness (QED) is 0.704. The number of carbonyl (C=O) groups excluding carboxylic acids is 1. The molecule has 1 amide bonds. The number of phenols is 1. The number of hydrogen-bond acceptors (Lipinski definition) is 3. The number of benzene rings is 1. The summed E-state index contributed by atoms with van der Waals surface area (Å²) in [6.07, 6.45) is 1.34. The number of aromatic amines is 1. The van der Waals surface area contributed by atoms with Crippen LogP contribution in [0, 0.1) is 5.82 Å². The van der Waals surface area contributed by atoms with Gasteiger partial charge in [-0.25, -0.2) is 4.39 Å². The predicted octanol–water partition coefficient (Wildman–Crippen LogP) is 1.47.